The van der Waals surface area contributed by atoms with Gasteiger partial charge in [-0.25, -0.2) is 9.59 Å². The van der Waals surface area contributed by atoms with Gasteiger partial charge in [-0.1, -0.05) is 13.8 Å². The van der Waals surface area contributed by atoms with Gasteiger partial charge >= 0.3 is 11.9 Å². The van der Waals surface area contributed by atoms with Crippen LogP contribution in [0.2, 0.25) is 0 Å². The molecule has 1 saturated carbocycles. The minimum absolute atomic E-state index is 0.0172. The van der Waals surface area contributed by atoms with Gasteiger partial charge in [0.25, 0.3) is 0 Å². The third kappa shape index (κ3) is 3.06. The van der Waals surface area contributed by atoms with Crippen LogP contribution in [0.5, 0.6) is 11.5 Å². The van der Waals surface area contributed by atoms with Crippen molar-refractivity contribution in [3.8, 4) is 11.5 Å². The molecule has 0 amide bonds. The third-order valence-electron chi connectivity index (χ3n) is 6.33. The number of benzene rings is 1. The van der Waals surface area contributed by atoms with Crippen LogP contribution in [0.25, 0.3) is 0 Å². The molecule has 2 aliphatic carbocycles. The smallest absolute Gasteiger partial charge is 0.345 e. The fourth-order valence-electron chi connectivity index (χ4n) is 5.38. The average Bonchev–Trinajstić information content (AvgIpc) is 3.19. The normalized spacial score (nSPS) is 24.8. The number of ether oxygens (including phenoxy) is 4. The molecule has 29 heavy (non-hydrogen) atoms. The number of methoxy groups -OCH3 is 4. The second-order valence-electron chi connectivity index (χ2n) is 8.25. The number of rotatable bonds is 6. The first-order chi connectivity index (χ1) is 13.8. The summed E-state index contributed by atoms with van der Waals surface area (Å²) in [5.41, 5.74) is 0.142. The number of aliphatic hydroxyl groups is 1. The molecular weight excluding hydrogens is 376 g/mol. The van der Waals surface area contributed by atoms with E-state index in [1.165, 1.54) is 28.4 Å². The van der Waals surface area contributed by atoms with E-state index < -0.39 is 17.5 Å². The largest absolute Gasteiger partial charge is 0.495 e. The van der Waals surface area contributed by atoms with E-state index in [-0.39, 0.29) is 28.7 Å². The first-order valence-corrected chi connectivity index (χ1v) is 9.98. The Morgan fingerprint density at radius 1 is 1.03 bits per heavy atom. The molecule has 0 aliphatic heterocycles. The van der Waals surface area contributed by atoms with Crippen LogP contribution in [-0.4, -0.2) is 45.5 Å². The van der Waals surface area contributed by atoms with Crippen LogP contribution in [0.1, 0.15) is 77.3 Å². The van der Waals surface area contributed by atoms with Crippen molar-refractivity contribution >= 4 is 11.9 Å². The Morgan fingerprint density at radius 3 is 2.14 bits per heavy atom. The van der Waals surface area contributed by atoms with E-state index in [4.69, 9.17) is 18.9 Å². The maximum atomic E-state index is 12.9. The van der Waals surface area contributed by atoms with Gasteiger partial charge in [0, 0.05) is 11.1 Å². The molecule has 1 aromatic carbocycles. The van der Waals surface area contributed by atoms with Gasteiger partial charge in [-0.2, -0.15) is 0 Å². The van der Waals surface area contributed by atoms with E-state index in [1.807, 2.05) is 0 Å². The minimum atomic E-state index is -1.19. The van der Waals surface area contributed by atoms with Crippen LogP contribution in [-0.2, 0) is 15.1 Å². The predicted octanol–water partition coefficient (Wildman–Crippen LogP) is 3.41. The van der Waals surface area contributed by atoms with Crippen LogP contribution in [0.3, 0.4) is 0 Å². The summed E-state index contributed by atoms with van der Waals surface area (Å²) in [5, 5.41) is 11.8. The highest BCUT2D eigenvalue weighted by molar-refractivity contribution is 6.05. The van der Waals surface area contributed by atoms with Crippen molar-refractivity contribution in [1.82, 2.24) is 0 Å². The van der Waals surface area contributed by atoms with Crippen LogP contribution in [0.15, 0.2) is 0 Å². The van der Waals surface area contributed by atoms with Crippen LogP contribution >= 0.6 is 0 Å². The van der Waals surface area contributed by atoms with Gasteiger partial charge in [0.15, 0.2) is 5.75 Å². The highest BCUT2D eigenvalue weighted by Crippen LogP contribution is 2.64. The number of fused-ring (bicyclic) bond motifs is 3. The summed E-state index contributed by atoms with van der Waals surface area (Å²) in [6, 6.07) is 0. The summed E-state index contributed by atoms with van der Waals surface area (Å²) < 4.78 is 21.2. The molecule has 1 N–H and O–H groups in total. The Balaban J connectivity index is 2.48. The van der Waals surface area contributed by atoms with Crippen molar-refractivity contribution in [2.75, 3.05) is 28.4 Å². The quantitative estimate of drug-likeness (QED) is 0.724. The van der Waals surface area contributed by atoms with Gasteiger partial charge in [0.2, 0.25) is 0 Å². The molecule has 0 heterocycles. The predicted molar refractivity (Wildman–Crippen MR) is 106 cm³/mol. The lowest BCUT2D eigenvalue weighted by Crippen LogP contribution is -2.29. The fourth-order valence-corrected chi connectivity index (χ4v) is 5.38. The average molecular weight is 406 g/mol. The monoisotopic (exact) mass is 406 g/mol. The van der Waals surface area contributed by atoms with Gasteiger partial charge in [-0.15, -0.1) is 0 Å². The maximum absolute atomic E-state index is 12.9. The highest BCUT2D eigenvalue weighted by atomic mass is 16.5. The molecule has 1 fully saturated rings. The molecule has 0 saturated heterocycles. The molecule has 3 atom stereocenters. The second kappa shape index (κ2) is 7.86. The van der Waals surface area contributed by atoms with Crippen molar-refractivity contribution in [1.29, 1.82) is 0 Å². The number of esters is 2. The molecule has 3 rings (SSSR count). The van der Waals surface area contributed by atoms with Crippen molar-refractivity contribution < 1.29 is 33.6 Å². The third-order valence-corrected chi connectivity index (χ3v) is 6.33. The number of carbonyl (C=O) groups excluding carboxylic acids is 2. The molecule has 0 unspecified atom stereocenters. The lowest BCUT2D eigenvalue weighted by Gasteiger charge is -2.28. The van der Waals surface area contributed by atoms with Crippen molar-refractivity contribution in [2.45, 2.75) is 51.0 Å². The van der Waals surface area contributed by atoms with Gasteiger partial charge in [-0.05, 0) is 43.4 Å². The van der Waals surface area contributed by atoms with Crippen LogP contribution < -0.4 is 9.47 Å². The highest BCUT2D eigenvalue weighted by Gasteiger charge is 2.58. The molecule has 2 aliphatic rings. The molecule has 0 bridgehead atoms. The zero-order valence-corrected chi connectivity index (χ0v) is 18.0. The van der Waals surface area contributed by atoms with E-state index >= 15 is 0 Å². The zero-order chi connectivity index (χ0) is 21.5. The summed E-state index contributed by atoms with van der Waals surface area (Å²) in [6.07, 6.45) is 3.03. The summed E-state index contributed by atoms with van der Waals surface area (Å²) in [6.45, 7) is 4.23. The van der Waals surface area contributed by atoms with Gasteiger partial charge in [-0.3, -0.25) is 0 Å². The Morgan fingerprint density at radius 2 is 1.62 bits per heavy atom. The number of hydrogen-bond donors (Lipinski definition) is 1. The Bertz CT molecular complexity index is 829. The minimum Gasteiger partial charge on any atom is -0.495 e. The summed E-state index contributed by atoms with van der Waals surface area (Å²) in [7, 11) is 5.38. The van der Waals surface area contributed by atoms with E-state index in [0.717, 1.165) is 19.3 Å². The van der Waals surface area contributed by atoms with Crippen molar-refractivity contribution in [3.63, 3.8) is 0 Å². The second-order valence-corrected chi connectivity index (χ2v) is 8.25. The van der Waals surface area contributed by atoms with E-state index in [0.29, 0.717) is 29.2 Å². The van der Waals surface area contributed by atoms with Gasteiger partial charge in [0.1, 0.15) is 16.9 Å². The van der Waals surface area contributed by atoms with Crippen LogP contribution in [0.4, 0.5) is 0 Å². The Hall–Kier alpha value is -2.28. The standard InChI is InChI=1S/C22H30O7/c1-11(2)10-12-13-8-7-9-22(13,25)17-14(12)18(26-3)16(21(24)29-6)19(27-4)15(17)20(23)28-5/h11-13,25H,7-10H2,1-6H3/t12-,13-,22+/m1/s1. The van der Waals surface area contributed by atoms with Crippen LogP contribution in [0, 0.1) is 11.8 Å². The van der Waals surface area contributed by atoms with Crippen molar-refractivity contribution in [3.05, 3.63) is 22.3 Å². The fraction of sp³-hybridized carbons (Fsp3) is 0.636. The molecule has 1 aromatic rings. The number of carbonyl (C=O) groups is 2. The molecular formula is C22H30O7. The van der Waals surface area contributed by atoms with Gasteiger partial charge in [0.05, 0.1) is 34.0 Å². The zero-order valence-electron chi connectivity index (χ0n) is 18.0. The molecule has 0 spiro atoms. The summed E-state index contributed by atoms with van der Waals surface area (Å²) in [5.74, 6) is -0.756. The molecule has 7 nitrogen and oxygen atoms in total. The molecule has 160 valence electrons. The number of hydrogen-bond acceptors (Lipinski definition) is 7. The maximum Gasteiger partial charge on any atom is 0.345 e. The lowest BCUT2D eigenvalue weighted by atomic mass is 9.81. The molecule has 0 radical (unpaired) electrons. The molecule has 7 heteroatoms. The van der Waals surface area contributed by atoms with E-state index in [1.54, 1.807) is 0 Å². The Kier molecular flexibility index (Phi) is 5.81. The first-order valence-electron chi connectivity index (χ1n) is 9.98. The van der Waals surface area contributed by atoms with Crippen molar-refractivity contribution in [2.24, 2.45) is 11.8 Å². The first kappa shape index (κ1) is 21.4. The topological polar surface area (TPSA) is 91.3 Å². The Labute approximate surface area is 171 Å². The molecule has 0 aromatic heterocycles. The SMILES string of the molecule is COC(=O)c1c(OC)c(C(=O)OC)c2c(c1OC)[C@H](CC(C)C)[C@H]1CCC[C@@]21O. The lowest BCUT2D eigenvalue weighted by molar-refractivity contribution is -0.000779. The van der Waals surface area contributed by atoms with E-state index in [9.17, 15) is 14.7 Å². The van der Waals surface area contributed by atoms with E-state index in [2.05, 4.69) is 13.8 Å². The summed E-state index contributed by atoms with van der Waals surface area (Å²) in [4.78, 5) is 25.6. The van der Waals surface area contributed by atoms with Gasteiger partial charge < -0.3 is 24.1 Å². The summed E-state index contributed by atoms with van der Waals surface area (Å²) >= 11 is 0.